The normalized spacial score (nSPS) is 27.9. The van der Waals surface area contributed by atoms with Gasteiger partial charge in [-0.3, -0.25) is 0 Å². The predicted molar refractivity (Wildman–Crippen MR) is 66.7 cm³/mol. The molecule has 2 N–H and O–H groups in total. The van der Waals surface area contributed by atoms with Crippen LogP contribution in [0, 0.1) is 11.8 Å². The van der Waals surface area contributed by atoms with Crippen LogP contribution in [-0.2, 0) is 0 Å². The van der Waals surface area contributed by atoms with Crippen LogP contribution < -0.4 is 5.73 Å². The lowest BCUT2D eigenvalue weighted by atomic mass is 9.77. The number of hydrogen-bond donors (Lipinski definition) is 1. The monoisotopic (exact) mass is 215 g/mol. The highest BCUT2D eigenvalue weighted by Gasteiger charge is 2.22. The van der Waals surface area contributed by atoms with Crippen molar-refractivity contribution in [3.05, 3.63) is 0 Å². The molecule has 0 spiro atoms. The van der Waals surface area contributed by atoms with Crippen LogP contribution in [0.4, 0.5) is 0 Å². The van der Waals surface area contributed by atoms with Gasteiger partial charge in [0.2, 0.25) is 0 Å². The number of thioether (sulfide) groups is 1. The fraction of sp³-hybridized carbons (Fsp3) is 1.00. The summed E-state index contributed by atoms with van der Waals surface area (Å²) < 4.78 is 0. The first-order chi connectivity index (χ1) is 6.88. The van der Waals surface area contributed by atoms with Crippen molar-refractivity contribution in [3.63, 3.8) is 0 Å². The van der Waals surface area contributed by atoms with Crippen LogP contribution in [-0.4, -0.2) is 18.1 Å². The largest absolute Gasteiger partial charge is 0.330 e. The summed E-state index contributed by atoms with van der Waals surface area (Å²) in [6.45, 7) is 3.17. The van der Waals surface area contributed by atoms with Crippen molar-refractivity contribution in [1.82, 2.24) is 0 Å². The van der Waals surface area contributed by atoms with Gasteiger partial charge in [-0.25, -0.2) is 0 Å². The van der Waals surface area contributed by atoms with Gasteiger partial charge in [-0.15, -0.1) is 0 Å². The average molecular weight is 215 g/mol. The van der Waals surface area contributed by atoms with E-state index in [1.54, 1.807) is 0 Å². The van der Waals surface area contributed by atoms with Crippen molar-refractivity contribution in [2.24, 2.45) is 17.6 Å². The smallest absolute Gasteiger partial charge is 0.00462 e. The quantitative estimate of drug-likeness (QED) is 0.688. The molecule has 0 aromatic carbocycles. The van der Waals surface area contributed by atoms with E-state index in [-0.39, 0.29) is 0 Å². The van der Waals surface area contributed by atoms with Crippen LogP contribution in [0.1, 0.15) is 45.4 Å². The molecule has 0 heterocycles. The summed E-state index contributed by atoms with van der Waals surface area (Å²) >= 11 is 2.07. The molecular weight excluding hydrogens is 190 g/mol. The summed E-state index contributed by atoms with van der Waals surface area (Å²) in [6, 6.07) is 0. The first-order valence-corrected chi connectivity index (χ1v) is 7.31. The third-order valence-electron chi connectivity index (χ3n) is 3.44. The molecule has 1 rings (SSSR count). The Hall–Kier alpha value is 0.310. The van der Waals surface area contributed by atoms with Gasteiger partial charge in [0.05, 0.1) is 0 Å². The second kappa shape index (κ2) is 7.58. The highest BCUT2D eigenvalue weighted by Crippen LogP contribution is 2.32. The van der Waals surface area contributed by atoms with Gasteiger partial charge in [-0.05, 0) is 49.1 Å². The maximum atomic E-state index is 5.82. The molecule has 2 unspecified atom stereocenters. The van der Waals surface area contributed by atoms with E-state index in [0.29, 0.717) is 0 Å². The summed E-state index contributed by atoms with van der Waals surface area (Å²) in [4.78, 5) is 0. The zero-order chi connectivity index (χ0) is 10.2. The summed E-state index contributed by atoms with van der Waals surface area (Å²) in [7, 11) is 0. The lowest BCUT2D eigenvalue weighted by Gasteiger charge is -2.30. The first kappa shape index (κ1) is 12.4. The fourth-order valence-corrected chi connectivity index (χ4v) is 3.23. The second-order valence-electron chi connectivity index (χ2n) is 4.38. The Morgan fingerprint density at radius 1 is 1.21 bits per heavy atom. The molecule has 1 saturated carbocycles. The maximum absolute atomic E-state index is 5.82. The molecule has 1 aliphatic carbocycles. The van der Waals surface area contributed by atoms with Gasteiger partial charge < -0.3 is 5.73 Å². The van der Waals surface area contributed by atoms with E-state index < -0.39 is 0 Å². The summed E-state index contributed by atoms with van der Waals surface area (Å²) in [5.74, 6) is 4.41. The van der Waals surface area contributed by atoms with Gasteiger partial charge in [0.25, 0.3) is 0 Å². The van der Waals surface area contributed by atoms with Crippen molar-refractivity contribution >= 4 is 11.8 Å². The first-order valence-electron chi connectivity index (χ1n) is 6.16. The summed E-state index contributed by atoms with van der Waals surface area (Å²) in [5, 5.41) is 0. The Morgan fingerprint density at radius 2 is 1.93 bits per heavy atom. The van der Waals surface area contributed by atoms with Crippen LogP contribution in [0.5, 0.6) is 0 Å². The molecular formula is C12H25NS. The summed E-state index contributed by atoms with van der Waals surface area (Å²) in [6.07, 6.45) is 8.53. The molecule has 0 aromatic heterocycles. The van der Waals surface area contributed by atoms with Crippen molar-refractivity contribution in [3.8, 4) is 0 Å². The summed E-state index contributed by atoms with van der Waals surface area (Å²) in [5.41, 5.74) is 5.82. The van der Waals surface area contributed by atoms with Crippen LogP contribution in [0.25, 0.3) is 0 Å². The van der Waals surface area contributed by atoms with Crippen molar-refractivity contribution in [2.45, 2.75) is 45.4 Å². The van der Waals surface area contributed by atoms with Crippen LogP contribution in [0.2, 0.25) is 0 Å². The molecule has 1 fully saturated rings. The van der Waals surface area contributed by atoms with Gasteiger partial charge in [0.1, 0.15) is 0 Å². The van der Waals surface area contributed by atoms with E-state index >= 15 is 0 Å². The molecule has 84 valence electrons. The minimum Gasteiger partial charge on any atom is -0.330 e. The number of rotatable bonds is 6. The zero-order valence-electron chi connectivity index (χ0n) is 9.50. The molecule has 0 aliphatic heterocycles. The molecule has 0 radical (unpaired) electrons. The van der Waals surface area contributed by atoms with Gasteiger partial charge in [0.15, 0.2) is 0 Å². The topological polar surface area (TPSA) is 26.0 Å². The fourth-order valence-electron chi connectivity index (χ4n) is 2.57. The molecule has 14 heavy (non-hydrogen) atoms. The molecule has 1 aliphatic rings. The van der Waals surface area contributed by atoms with E-state index in [0.717, 1.165) is 18.4 Å². The lowest BCUT2D eigenvalue weighted by molar-refractivity contribution is 0.229. The van der Waals surface area contributed by atoms with Crippen LogP contribution in [0.3, 0.4) is 0 Å². The maximum Gasteiger partial charge on any atom is -0.00462 e. The molecule has 2 heteroatoms. The molecule has 0 saturated heterocycles. The second-order valence-corrected chi connectivity index (χ2v) is 5.77. The van der Waals surface area contributed by atoms with Crippen LogP contribution in [0.15, 0.2) is 0 Å². The van der Waals surface area contributed by atoms with Crippen molar-refractivity contribution in [2.75, 3.05) is 18.1 Å². The SMILES string of the molecule is CCSCCCC1CCCCC1CN. The Labute approximate surface area is 93.2 Å². The standard InChI is InChI=1S/C12H25NS/c1-2-14-9-5-8-11-6-3-4-7-12(11)10-13/h11-12H,2-10,13H2,1H3. The third-order valence-corrected chi connectivity index (χ3v) is 4.42. The molecule has 2 atom stereocenters. The van der Waals surface area contributed by atoms with E-state index in [1.807, 2.05) is 0 Å². The number of nitrogens with two attached hydrogens (primary N) is 1. The molecule has 0 aromatic rings. The third kappa shape index (κ3) is 4.22. The highest BCUT2D eigenvalue weighted by atomic mass is 32.2. The van der Waals surface area contributed by atoms with Gasteiger partial charge in [-0.2, -0.15) is 11.8 Å². The van der Waals surface area contributed by atoms with Crippen LogP contribution >= 0.6 is 11.8 Å². The van der Waals surface area contributed by atoms with Crippen molar-refractivity contribution in [1.29, 1.82) is 0 Å². The zero-order valence-corrected chi connectivity index (χ0v) is 10.3. The van der Waals surface area contributed by atoms with E-state index in [9.17, 15) is 0 Å². The lowest BCUT2D eigenvalue weighted by Crippen LogP contribution is -2.26. The highest BCUT2D eigenvalue weighted by molar-refractivity contribution is 7.99. The molecule has 0 amide bonds. The van der Waals surface area contributed by atoms with Gasteiger partial charge in [0, 0.05) is 0 Å². The van der Waals surface area contributed by atoms with E-state index in [2.05, 4.69) is 18.7 Å². The number of hydrogen-bond acceptors (Lipinski definition) is 2. The van der Waals surface area contributed by atoms with E-state index in [4.69, 9.17) is 5.73 Å². The Bertz CT molecular complexity index is 138. The minimum atomic E-state index is 0.843. The average Bonchev–Trinajstić information content (AvgIpc) is 2.25. The Morgan fingerprint density at radius 3 is 2.57 bits per heavy atom. The molecule has 1 nitrogen and oxygen atoms in total. The van der Waals surface area contributed by atoms with Crippen molar-refractivity contribution < 1.29 is 0 Å². The van der Waals surface area contributed by atoms with Gasteiger partial charge in [-0.1, -0.05) is 26.2 Å². The Kier molecular flexibility index (Phi) is 6.70. The van der Waals surface area contributed by atoms with Gasteiger partial charge >= 0.3 is 0 Å². The molecule has 0 bridgehead atoms. The Balaban J connectivity index is 2.13. The minimum absolute atomic E-state index is 0.843. The van der Waals surface area contributed by atoms with E-state index in [1.165, 1.54) is 50.0 Å². The predicted octanol–water partition coefficient (Wildman–Crippen LogP) is 3.28.